The quantitative estimate of drug-likeness (QED) is 0.626. The second-order valence-electron chi connectivity index (χ2n) is 6.81. The van der Waals surface area contributed by atoms with Gasteiger partial charge in [-0.15, -0.1) is 11.8 Å². The molecule has 30 heavy (non-hydrogen) atoms. The van der Waals surface area contributed by atoms with E-state index in [1.807, 2.05) is 13.8 Å². The third kappa shape index (κ3) is 3.78. The summed E-state index contributed by atoms with van der Waals surface area (Å²) in [6, 6.07) is 11.7. The molecule has 0 atom stereocenters. The fourth-order valence-corrected chi connectivity index (χ4v) is 4.27. The standard InChI is InChI=1S/C22H16FN5OS/c1-12-7-14(10-24)8-13(2)19(12)29-21-20-18(5-6-30-20)27-22(28-21)26-16-4-3-15(11-25)17(23)9-16/h3-4,7-9H,5-6H2,1-2H3,(H,26,27,28). The molecule has 2 aromatic carbocycles. The topological polar surface area (TPSA) is 94.6 Å². The first-order valence-corrected chi connectivity index (χ1v) is 10.2. The smallest absolute Gasteiger partial charge is 0.238 e. The van der Waals surface area contributed by atoms with Crippen molar-refractivity contribution in [1.29, 1.82) is 10.5 Å². The normalized spacial score (nSPS) is 12.0. The van der Waals surface area contributed by atoms with Gasteiger partial charge in [-0.1, -0.05) is 0 Å². The van der Waals surface area contributed by atoms with E-state index in [4.69, 9.17) is 15.3 Å². The highest BCUT2D eigenvalue weighted by Crippen LogP contribution is 2.41. The van der Waals surface area contributed by atoms with Gasteiger partial charge in [-0.3, -0.25) is 0 Å². The first-order valence-electron chi connectivity index (χ1n) is 9.18. The molecular weight excluding hydrogens is 401 g/mol. The monoisotopic (exact) mass is 417 g/mol. The van der Waals surface area contributed by atoms with E-state index in [0.29, 0.717) is 28.8 Å². The second kappa shape index (κ2) is 8.02. The molecule has 0 radical (unpaired) electrons. The van der Waals surface area contributed by atoms with Crippen molar-refractivity contribution in [2.45, 2.75) is 25.2 Å². The summed E-state index contributed by atoms with van der Waals surface area (Å²) in [6.45, 7) is 3.77. The molecule has 2 heterocycles. The maximum atomic E-state index is 13.9. The minimum Gasteiger partial charge on any atom is -0.437 e. The van der Waals surface area contributed by atoms with Gasteiger partial charge in [0.25, 0.3) is 0 Å². The molecule has 0 aliphatic carbocycles. The Bertz CT molecular complexity index is 1220. The summed E-state index contributed by atoms with van der Waals surface area (Å²) in [5, 5.41) is 21.0. The van der Waals surface area contributed by atoms with Gasteiger partial charge in [-0.2, -0.15) is 15.5 Å². The van der Waals surface area contributed by atoms with Crippen molar-refractivity contribution in [3.8, 4) is 23.8 Å². The molecule has 0 bridgehead atoms. The average molecular weight is 417 g/mol. The van der Waals surface area contributed by atoms with Gasteiger partial charge < -0.3 is 10.1 Å². The van der Waals surface area contributed by atoms with Crippen molar-refractivity contribution in [3.63, 3.8) is 0 Å². The number of hydrogen-bond acceptors (Lipinski definition) is 7. The van der Waals surface area contributed by atoms with Crippen molar-refractivity contribution in [3.05, 3.63) is 64.1 Å². The molecular formula is C22H16FN5OS. The fourth-order valence-electron chi connectivity index (χ4n) is 3.25. The molecule has 1 aliphatic rings. The van der Waals surface area contributed by atoms with Crippen LogP contribution in [0.4, 0.5) is 16.0 Å². The van der Waals surface area contributed by atoms with Crippen molar-refractivity contribution in [2.75, 3.05) is 11.1 Å². The van der Waals surface area contributed by atoms with Crippen molar-refractivity contribution in [1.82, 2.24) is 9.97 Å². The number of anilines is 2. The van der Waals surface area contributed by atoms with Crippen molar-refractivity contribution in [2.24, 2.45) is 0 Å². The Kier molecular flexibility index (Phi) is 5.26. The Hall–Kier alpha value is -3.62. The fraction of sp³-hybridized carbons (Fsp3) is 0.182. The van der Waals surface area contributed by atoms with Gasteiger partial charge in [-0.25, -0.2) is 9.37 Å². The highest BCUT2D eigenvalue weighted by Gasteiger charge is 2.23. The van der Waals surface area contributed by atoms with Crippen LogP contribution in [0.25, 0.3) is 0 Å². The minimum atomic E-state index is -0.612. The Morgan fingerprint density at radius 2 is 1.87 bits per heavy atom. The second-order valence-corrected chi connectivity index (χ2v) is 7.92. The Labute approximate surface area is 177 Å². The maximum absolute atomic E-state index is 13.9. The first-order chi connectivity index (χ1) is 14.5. The molecule has 0 spiro atoms. The number of aryl methyl sites for hydroxylation is 3. The van der Waals surface area contributed by atoms with E-state index >= 15 is 0 Å². The van der Waals surface area contributed by atoms with Crippen LogP contribution >= 0.6 is 11.8 Å². The number of aromatic nitrogens is 2. The van der Waals surface area contributed by atoms with Gasteiger partial charge >= 0.3 is 0 Å². The third-order valence-corrected chi connectivity index (χ3v) is 5.73. The number of nitrogens with zero attached hydrogens (tertiary/aromatic N) is 4. The lowest BCUT2D eigenvalue weighted by molar-refractivity contribution is 0.442. The molecule has 3 aromatic rings. The Balaban J connectivity index is 1.70. The lowest BCUT2D eigenvalue weighted by atomic mass is 10.1. The van der Waals surface area contributed by atoms with Crippen LogP contribution in [0.1, 0.15) is 27.9 Å². The van der Waals surface area contributed by atoms with E-state index in [2.05, 4.69) is 21.4 Å². The molecule has 1 N–H and O–H groups in total. The van der Waals surface area contributed by atoms with E-state index in [-0.39, 0.29) is 5.56 Å². The number of hydrogen-bond donors (Lipinski definition) is 1. The molecule has 0 saturated heterocycles. The van der Waals surface area contributed by atoms with Gasteiger partial charge in [0, 0.05) is 17.9 Å². The molecule has 0 unspecified atom stereocenters. The SMILES string of the molecule is Cc1cc(C#N)cc(C)c1Oc1nc(Nc2ccc(C#N)c(F)c2)nc2c1SCC2. The highest BCUT2D eigenvalue weighted by atomic mass is 32.2. The molecule has 8 heteroatoms. The van der Waals surface area contributed by atoms with Crippen LogP contribution in [-0.2, 0) is 6.42 Å². The lowest BCUT2D eigenvalue weighted by Gasteiger charge is -2.15. The van der Waals surface area contributed by atoms with Gasteiger partial charge in [0.05, 0.1) is 27.8 Å². The summed E-state index contributed by atoms with van der Waals surface area (Å²) >= 11 is 1.63. The van der Waals surface area contributed by atoms with Crippen LogP contribution < -0.4 is 10.1 Å². The number of ether oxygens (including phenoxy) is 1. The number of nitrogens with one attached hydrogen (secondary N) is 1. The van der Waals surface area contributed by atoms with E-state index < -0.39 is 5.82 Å². The number of rotatable bonds is 4. The number of halogens is 1. The average Bonchev–Trinajstić information content (AvgIpc) is 3.19. The summed E-state index contributed by atoms with van der Waals surface area (Å²) in [7, 11) is 0. The van der Waals surface area contributed by atoms with E-state index in [1.165, 1.54) is 12.1 Å². The molecule has 0 saturated carbocycles. The summed E-state index contributed by atoms with van der Waals surface area (Å²) in [5.74, 6) is 1.63. The van der Waals surface area contributed by atoms with Crippen LogP contribution in [0.5, 0.6) is 11.6 Å². The number of thioether (sulfide) groups is 1. The summed E-state index contributed by atoms with van der Waals surface area (Å²) < 4.78 is 20.1. The molecule has 6 nitrogen and oxygen atoms in total. The predicted octanol–water partition coefficient (Wildman–Crippen LogP) is 5.16. The van der Waals surface area contributed by atoms with Crippen molar-refractivity contribution < 1.29 is 9.13 Å². The first kappa shape index (κ1) is 19.7. The van der Waals surface area contributed by atoms with E-state index in [1.54, 1.807) is 36.0 Å². The summed E-state index contributed by atoms with van der Waals surface area (Å²) in [6.07, 6.45) is 0.778. The molecule has 4 rings (SSSR count). The van der Waals surface area contributed by atoms with Gasteiger partial charge in [0.15, 0.2) is 0 Å². The lowest BCUT2D eigenvalue weighted by Crippen LogP contribution is -2.04. The summed E-state index contributed by atoms with van der Waals surface area (Å²) in [4.78, 5) is 9.94. The van der Waals surface area contributed by atoms with Crippen LogP contribution in [0.3, 0.4) is 0 Å². The van der Waals surface area contributed by atoms with Crippen LogP contribution in [0, 0.1) is 42.3 Å². The largest absolute Gasteiger partial charge is 0.437 e. The van der Waals surface area contributed by atoms with Gasteiger partial charge in [0.1, 0.15) is 17.6 Å². The zero-order valence-electron chi connectivity index (χ0n) is 16.3. The van der Waals surface area contributed by atoms with Crippen LogP contribution in [-0.4, -0.2) is 15.7 Å². The number of fused-ring (bicyclic) bond motifs is 1. The molecule has 148 valence electrons. The van der Waals surface area contributed by atoms with Crippen LogP contribution in [0.15, 0.2) is 35.2 Å². The minimum absolute atomic E-state index is 0.0254. The molecule has 1 aromatic heterocycles. The maximum Gasteiger partial charge on any atom is 0.238 e. The number of nitriles is 2. The van der Waals surface area contributed by atoms with Gasteiger partial charge in [-0.05, 0) is 55.3 Å². The molecule has 0 amide bonds. The highest BCUT2D eigenvalue weighted by molar-refractivity contribution is 7.99. The van der Waals surface area contributed by atoms with Gasteiger partial charge in [0.2, 0.25) is 11.8 Å². The van der Waals surface area contributed by atoms with E-state index in [9.17, 15) is 4.39 Å². The third-order valence-electron chi connectivity index (χ3n) is 4.62. The Morgan fingerprint density at radius 3 is 2.53 bits per heavy atom. The zero-order valence-corrected chi connectivity index (χ0v) is 17.1. The van der Waals surface area contributed by atoms with Crippen LogP contribution in [0.2, 0.25) is 0 Å². The van der Waals surface area contributed by atoms with E-state index in [0.717, 1.165) is 33.9 Å². The predicted molar refractivity (Wildman–Crippen MR) is 112 cm³/mol. The molecule has 1 aliphatic heterocycles. The van der Waals surface area contributed by atoms with Crippen molar-refractivity contribution >= 4 is 23.4 Å². The number of benzene rings is 2. The summed E-state index contributed by atoms with van der Waals surface area (Å²) in [5.41, 5.74) is 3.53. The zero-order chi connectivity index (χ0) is 21.3. The Morgan fingerprint density at radius 1 is 1.10 bits per heavy atom. The molecule has 0 fully saturated rings.